The average molecular weight is 415 g/mol. The summed E-state index contributed by atoms with van der Waals surface area (Å²) < 4.78 is 5.25. The monoisotopic (exact) mass is 415 g/mol. The van der Waals surface area contributed by atoms with Gasteiger partial charge in [-0.2, -0.15) is 0 Å². The molecule has 0 bridgehead atoms. The number of aryl methyl sites for hydroxylation is 3. The molecule has 0 spiro atoms. The second-order valence-corrected chi connectivity index (χ2v) is 6.95. The number of carbonyl (C=O) groups is 2. The van der Waals surface area contributed by atoms with Crippen LogP contribution in [0, 0.1) is 30.9 Å². The molecule has 160 valence electrons. The molecule has 9 heteroatoms. The van der Waals surface area contributed by atoms with Gasteiger partial charge in [0, 0.05) is 30.1 Å². The van der Waals surface area contributed by atoms with Crippen molar-refractivity contribution in [2.45, 2.75) is 33.8 Å². The fourth-order valence-corrected chi connectivity index (χ4v) is 3.04. The maximum Gasteiger partial charge on any atom is 0.341 e. The number of hydrogen-bond donors (Lipinski definition) is 3. The minimum atomic E-state index is -1.14. The highest BCUT2D eigenvalue weighted by Crippen LogP contribution is 2.25. The molecule has 1 amide bonds. The van der Waals surface area contributed by atoms with Crippen molar-refractivity contribution in [3.63, 3.8) is 0 Å². The number of anilines is 2. The topological polar surface area (TPSA) is 131 Å². The number of rotatable bonds is 8. The van der Waals surface area contributed by atoms with Gasteiger partial charge < -0.3 is 20.5 Å². The Morgan fingerprint density at radius 2 is 1.80 bits per heavy atom. The molecule has 0 saturated heterocycles. The summed E-state index contributed by atoms with van der Waals surface area (Å²) in [6.45, 7) is 7.06. The second kappa shape index (κ2) is 9.84. The number of aliphatic hydroxyl groups excluding tert-OH is 1. The van der Waals surface area contributed by atoms with Crippen LogP contribution < -0.4 is 10.6 Å². The SMILES string of the molecule is Cc1cc(C)c(NC(=O)[C@H](C)OC(=O)c2cc([N+](=O)[O-])ccc2NCCO)c(C)c1. The van der Waals surface area contributed by atoms with Gasteiger partial charge in [0.05, 0.1) is 17.1 Å². The van der Waals surface area contributed by atoms with Crippen molar-refractivity contribution in [3.05, 3.63) is 62.7 Å². The third-order valence-corrected chi connectivity index (χ3v) is 4.44. The Balaban J connectivity index is 2.19. The minimum absolute atomic E-state index is 0.0972. The third-order valence-electron chi connectivity index (χ3n) is 4.44. The summed E-state index contributed by atoms with van der Waals surface area (Å²) in [5.74, 6) is -1.41. The molecule has 3 N–H and O–H groups in total. The number of nitrogens with one attached hydrogen (secondary N) is 2. The summed E-state index contributed by atoms with van der Waals surface area (Å²) in [6.07, 6.45) is -1.14. The van der Waals surface area contributed by atoms with Crippen LogP contribution in [0.5, 0.6) is 0 Å². The normalized spacial score (nSPS) is 11.5. The smallest absolute Gasteiger partial charge is 0.341 e. The van der Waals surface area contributed by atoms with Crippen LogP contribution in [0.25, 0.3) is 0 Å². The van der Waals surface area contributed by atoms with Gasteiger partial charge in [0.15, 0.2) is 6.10 Å². The van der Waals surface area contributed by atoms with Gasteiger partial charge in [-0.05, 0) is 44.9 Å². The van der Waals surface area contributed by atoms with Crippen LogP contribution in [0.1, 0.15) is 34.0 Å². The number of nitrogens with zero attached hydrogens (tertiary/aromatic N) is 1. The predicted octanol–water partition coefficient (Wildman–Crippen LogP) is 3.11. The van der Waals surface area contributed by atoms with Gasteiger partial charge >= 0.3 is 5.97 Å². The number of amides is 1. The van der Waals surface area contributed by atoms with Crippen molar-refractivity contribution in [2.75, 3.05) is 23.8 Å². The zero-order chi connectivity index (χ0) is 22.4. The Labute approximate surface area is 174 Å². The molecule has 1 atom stereocenters. The minimum Gasteiger partial charge on any atom is -0.449 e. The van der Waals surface area contributed by atoms with Gasteiger partial charge in [-0.15, -0.1) is 0 Å². The lowest BCUT2D eigenvalue weighted by Gasteiger charge is -2.18. The van der Waals surface area contributed by atoms with Crippen LogP contribution in [0.4, 0.5) is 17.1 Å². The number of benzene rings is 2. The van der Waals surface area contributed by atoms with Crippen LogP contribution in [-0.2, 0) is 9.53 Å². The van der Waals surface area contributed by atoms with Gasteiger partial charge in [-0.1, -0.05) is 17.7 Å². The summed E-state index contributed by atoms with van der Waals surface area (Å²) in [5, 5.41) is 25.6. The molecule has 0 unspecified atom stereocenters. The first-order valence-corrected chi connectivity index (χ1v) is 9.37. The van der Waals surface area contributed by atoms with Crippen LogP contribution in [0.2, 0.25) is 0 Å². The molecule has 0 aromatic heterocycles. The van der Waals surface area contributed by atoms with E-state index in [9.17, 15) is 19.7 Å². The number of nitro groups is 1. The first-order valence-electron chi connectivity index (χ1n) is 9.37. The van der Waals surface area contributed by atoms with Crippen LogP contribution >= 0.6 is 0 Å². The highest BCUT2D eigenvalue weighted by molar-refractivity contribution is 6.00. The predicted molar refractivity (Wildman–Crippen MR) is 113 cm³/mol. The number of nitro benzene ring substituents is 1. The molecule has 0 aliphatic carbocycles. The first kappa shape index (κ1) is 22.8. The number of esters is 1. The molecular formula is C21H25N3O6. The van der Waals surface area contributed by atoms with E-state index in [2.05, 4.69) is 10.6 Å². The van der Waals surface area contributed by atoms with Crippen LogP contribution in [0.15, 0.2) is 30.3 Å². The Kier molecular flexibility index (Phi) is 7.48. The molecule has 0 fully saturated rings. The lowest BCUT2D eigenvalue weighted by molar-refractivity contribution is -0.384. The fraction of sp³-hybridized carbons (Fsp3) is 0.333. The van der Waals surface area contributed by atoms with E-state index in [0.717, 1.165) is 22.8 Å². The van der Waals surface area contributed by atoms with Crippen molar-refractivity contribution >= 4 is 28.9 Å². The van der Waals surface area contributed by atoms with Gasteiger partial charge in [0.25, 0.3) is 11.6 Å². The van der Waals surface area contributed by atoms with Crippen LogP contribution in [-0.4, -0.2) is 41.2 Å². The molecule has 2 aromatic rings. The summed E-state index contributed by atoms with van der Waals surface area (Å²) >= 11 is 0. The third kappa shape index (κ3) is 5.54. The number of aliphatic hydroxyl groups is 1. The van der Waals surface area contributed by atoms with Crippen LogP contribution in [0.3, 0.4) is 0 Å². The largest absolute Gasteiger partial charge is 0.449 e. The number of non-ortho nitro benzene ring substituents is 1. The van der Waals surface area contributed by atoms with Crippen molar-refractivity contribution in [2.24, 2.45) is 0 Å². The summed E-state index contributed by atoms with van der Waals surface area (Å²) in [4.78, 5) is 35.6. The van der Waals surface area contributed by atoms with Gasteiger partial charge in [0.2, 0.25) is 0 Å². The number of carbonyl (C=O) groups excluding carboxylic acids is 2. The van der Waals surface area contributed by atoms with Crippen molar-refractivity contribution < 1.29 is 24.4 Å². The highest BCUT2D eigenvalue weighted by atomic mass is 16.6. The zero-order valence-corrected chi connectivity index (χ0v) is 17.3. The van der Waals surface area contributed by atoms with Crippen molar-refractivity contribution in [1.82, 2.24) is 0 Å². The summed E-state index contributed by atoms with van der Waals surface area (Å²) in [5.41, 5.74) is 3.35. The van der Waals surface area contributed by atoms with E-state index in [0.29, 0.717) is 5.69 Å². The molecule has 30 heavy (non-hydrogen) atoms. The van der Waals surface area contributed by atoms with E-state index >= 15 is 0 Å². The van der Waals surface area contributed by atoms with E-state index in [-0.39, 0.29) is 30.1 Å². The van der Waals surface area contributed by atoms with E-state index in [1.807, 2.05) is 32.9 Å². The molecular weight excluding hydrogens is 390 g/mol. The van der Waals surface area contributed by atoms with E-state index in [1.165, 1.54) is 19.1 Å². The average Bonchev–Trinajstić information content (AvgIpc) is 2.68. The van der Waals surface area contributed by atoms with E-state index in [4.69, 9.17) is 9.84 Å². The fourth-order valence-electron chi connectivity index (χ4n) is 3.04. The molecule has 0 heterocycles. The molecule has 0 aliphatic heterocycles. The first-order chi connectivity index (χ1) is 14.1. The quantitative estimate of drug-likeness (QED) is 0.343. The van der Waals surface area contributed by atoms with Crippen molar-refractivity contribution in [1.29, 1.82) is 0 Å². The molecule has 0 radical (unpaired) electrons. The lowest BCUT2D eigenvalue weighted by Crippen LogP contribution is -2.30. The van der Waals surface area contributed by atoms with E-state index < -0.39 is 22.9 Å². The Morgan fingerprint density at radius 3 is 2.37 bits per heavy atom. The molecule has 2 rings (SSSR count). The maximum absolute atomic E-state index is 12.6. The molecule has 0 saturated carbocycles. The second-order valence-electron chi connectivity index (χ2n) is 6.95. The molecule has 0 aliphatic rings. The highest BCUT2D eigenvalue weighted by Gasteiger charge is 2.24. The van der Waals surface area contributed by atoms with Gasteiger partial charge in [-0.25, -0.2) is 4.79 Å². The zero-order valence-electron chi connectivity index (χ0n) is 17.3. The molecule has 9 nitrogen and oxygen atoms in total. The van der Waals surface area contributed by atoms with Crippen molar-refractivity contribution in [3.8, 4) is 0 Å². The Hall–Kier alpha value is -3.46. The lowest BCUT2D eigenvalue weighted by atomic mass is 10.0. The summed E-state index contributed by atoms with van der Waals surface area (Å²) in [7, 11) is 0. The number of hydrogen-bond acceptors (Lipinski definition) is 7. The number of ether oxygens (including phenoxy) is 1. The Bertz CT molecular complexity index is 950. The Morgan fingerprint density at radius 1 is 1.17 bits per heavy atom. The summed E-state index contributed by atoms with van der Waals surface area (Å²) in [6, 6.07) is 7.52. The molecule has 2 aromatic carbocycles. The van der Waals surface area contributed by atoms with Gasteiger partial charge in [-0.3, -0.25) is 14.9 Å². The maximum atomic E-state index is 12.6. The van der Waals surface area contributed by atoms with E-state index in [1.54, 1.807) is 0 Å². The van der Waals surface area contributed by atoms with Gasteiger partial charge in [0.1, 0.15) is 0 Å². The standard InChI is InChI=1S/C21H25N3O6/c1-12-9-13(2)19(14(3)10-12)23-20(26)15(4)30-21(27)17-11-16(24(28)29)5-6-18(17)22-7-8-25/h5-6,9-11,15,22,25H,7-8H2,1-4H3,(H,23,26)/t15-/m0/s1.